The molecule has 0 saturated carbocycles. The van der Waals surface area contributed by atoms with Gasteiger partial charge in [-0.15, -0.1) is 0 Å². The Labute approximate surface area is 169 Å². The van der Waals surface area contributed by atoms with Gasteiger partial charge in [-0.2, -0.15) is 0 Å². The van der Waals surface area contributed by atoms with Gasteiger partial charge in [0.15, 0.2) is 0 Å². The molecule has 1 N–H and O–H groups in total. The molecule has 4 heteroatoms. The van der Waals surface area contributed by atoms with Crippen molar-refractivity contribution >= 4 is 11.8 Å². The van der Waals surface area contributed by atoms with Crippen molar-refractivity contribution in [3.63, 3.8) is 0 Å². The predicted molar refractivity (Wildman–Crippen MR) is 114 cm³/mol. The highest BCUT2D eigenvalue weighted by Gasteiger charge is 2.25. The number of nitrogens with zero attached hydrogens (tertiary/aromatic N) is 1. The third-order valence-corrected chi connectivity index (χ3v) is 4.85. The van der Waals surface area contributed by atoms with Crippen molar-refractivity contribution in [3.8, 4) is 0 Å². The Morgan fingerprint density at radius 1 is 0.893 bits per heavy atom. The first-order chi connectivity index (χ1) is 13.5. The first-order valence-corrected chi connectivity index (χ1v) is 10.1. The third-order valence-electron chi connectivity index (χ3n) is 4.85. The van der Waals surface area contributed by atoms with Crippen LogP contribution in [0.2, 0.25) is 0 Å². The normalized spacial score (nSPS) is 11.9. The molecule has 0 saturated heterocycles. The van der Waals surface area contributed by atoms with Crippen LogP contribution in [-0.2, 0) is 22.6 Å². The summed E-state index contributed by atoms with van der Waals surface area (Å²) in [6.07, 6.45) is 1.99. The van der Waals surface area contributed by atoms with Crippen molar-refractivity contribution in [3.05, 3.63) is 71.8 Å². The van der Waals surface area contributed by atoms with Gasteiger partial charge >= 0.3 is 0 Å². The summed E-state index contributed by atoms with van der Waals surface area (Å²) in [5, 5.41) is 2.98. The van der Waals surface area contributed by atoms with Crippen LogP contribution in [0.5, 0.6) is 0 Å². The number of carbonyl (C=O) groups is 2. The number of nitrogens with one attached hydrogen (secondary N) is 1. The highest BCUT2D eigenvalue weighted by molar-refractivity contribution is 5.87. The molecule has 28 heavy (non-hydrogen) atoms. The number of carbonyl (C=O) groups excluding carboxylic acids is 2. The molecule has 2 amide bonds. The molecule has 0 radical (unpaired) electrons. The number of hydrogen-bond donors (Lipinski definition) is 1. The summed E-state index contributed by atoms with van der Waals surface area (Å²) in [4.78, 5) is 27.3. The SMILES string of the molecule is CC(C)CCNC(=O)C(C)N(Cc1ccccc1)C(=O)CCc1ccccc1. The second-order valence-electron chi connectivity index (χ2n) is 7.64. The van der Waals surface area contributed by atoms with E-state index in [4.69, 9.17) is 0 Å². The van der Waals surface area contributed by atoms with Crippen LogP contribution < -0.4 is 5.32 Å². The fourth-order valence-electron chi connectivity index (χ4n) is 3.03. The van der Waals surface area contributed by atoms with Crippen LogP contribution in [0.3, 0.4) is 0 Å². The number of rotatable bonds is 10. The monoisotopic (exact) mass is 380 g/mol. The smallest absolute Gasteiger partial charge is 0.242 e. The summed E-state index contributed by atoms with van der Waals surface area (Å²) in [6.45, 7) is 7.15. The molecule has 0 aliphatic heterocycles. The van der Waals surface area contributed by atoms with E-state index in [0.717, 1.165) is 17.5 Å². The van der Waals surface area contributed by atoms with E-state index >= 15 is 0 Å². The van der Waals surface area contributed by atoms with E-state index in [2.05, 4.69) is 19.2 Å². The number of amides is 2. The van der Waals surface area contributed by atoms with Crippen molar-refractivity contribution in [1.29, 1.82) is 0 Å². The Hall–Kier alpha value is -2.62. The first-order valence-electron chi connectivity index (χ1n) is 10.1. The molecular weight excluding hydrogens is 348 g/mol. The average Bonchev–Trinajstić information content (AvgIpc) is 2.71. The maximum atomic E-state index is 13.0. The molecule has 1 atom stereocenters. The predicted octanol–water partition coefficient (Wildman–Crippen LogP) is 4.20. The lowest BCUT2D eigenvalue weighted by atomic mass is 10.1. The van der Waals surface area contributed by atoms with Gasteiger partial charge in [-0.25, -0.2) is 0 Å². The second kappa shape index (κ2) is 11.3. The van der Waals surface area contributed by atoms with Crippen molar-refractivity contribution in [1.82, 2.24) is 10.2 Å². The van der Waals surface area contributed by atoms with Crippen LogP contribution in [0.4, 0.5) is 0 Å². The van der Waals surface area contributed by atoms with Gasteiger partial charge in [0, 0.05) is 19.5 Å². The minimum absolute atomic E-state index is 0.000726. The lowest BCUT2D eigenvalue weighted by Crippen LogP contribution is -2.48. The fourth-order valence-corrected chi connectivity index (χ4v) is 3.03. The van der Waals surface area contributed by atoms with E-state index in [-0.39, 0.29) is 11.8 Å². The molecule has 0 aromatic heterocycles. The van der Waals surface area contributed by atoms with E-state index in [1.54, 1.807) is 4.90 Å². The van der Waals surface area contributed by atoms with Gasteiger partial charge in [-0.3, -0.25) is 9.59 Å². The molecule has 2 aromatic carbocycles. The second-order valence-corrected chi connectivity index (χ2v) is 7.64. The van der Waals surface area contributed by atoms with E-state index < -0.39 is 6.04 Å². The molecule has 0 fully saturated rings. The van der Waals surface area contributed by atoms with Crippen molar-refractivity contribution in [2.45, 2.75) is 52.6 Å². The van der Waals surface area contributed by atoms with Crippen LogP contribution in [0, 0.1) is 5.92 Å². The van der Waals surface area contributed by atoms with Gasteiger partial charge in [0.2, 0.25) is 11.8 Å². The zero-order valence-electron chi connectivity index (χ0n) is 17.2. The number of aryl methyl sites for hydroxylation is 1. The third kappa shape index (κ3) is 7.18. The van der Waals surface area contributed by atoms with Gasteiger partial charge in [-0.1, -0.05) is 74.5 Å². The quantitative estimate of drug-likeness (QED) is 0.672. The molecule has 0 aliphatic carbocycles. The summed E-state index contributed by atoms with van der Waals surface area (Å²) in [5.41, 5.74) is 2.15. The molecule has 0 bridgehead atoms. The van der Waals surface area contributed by atoms with Gasteiger partial charge < -0.3 is 10.2 Å². The molecule has 0 heterocycles. The van der Waals surface area contributed by atoms with Crippen LogP contribution in [0.15, 0.2) is 60.7 Å². The fraction of sp³-hybridized carbons (Fsp3) is 0.417. The highest BCUT2D eigenvalue weighted by Crippen LogP contribution is 2.13. The molecule has 0 spiro atoms. The van der Waals surface area contributed by atoms with Crippen LogP contribution in [0.25, 0.3) is 0 Å². The summed E-state index contributed by atoms with van der Waals surface area (Å²) in [5.74, 6) is 0.437. The summed E-state index contributed by atoms with van der Waals surface area (Å²) in [6, 6.07) is 19.3. The van der Waals surface area contributed by atoms with Crippen LogP contribution in [-0.4, -0.2) is 29.3 Å². The average molecular weight is 381 g/mol. The van der Waals surface area contributed by atoms with Crippen LogP contribution >= 0.6 is 0 Å². The van der Waals surface area contributed by atoms with Crippen molar-refractivity contribution in [2.24, 2.45) is 5.92 Å². The lowest BCUT2D eigenvalue weighted by molar-refractivity contribution is -0.140. The van der Waals surface area contributed by atoms with Gasteiger partial charge in [-0.05, 0) is 36.8 Å². The Morgan fingerprint density at radius 3 is 2.04 bits per heavy atom. The van der Waals surface area contributed by atoms with E-state index in [1.165, 1.54) is 0 Å². The lowest BCUT2D eigenvalue weighted by Gasteiger charge is -2.29. The maximum absolute atomic E-state index is 13.0. The number of hydrogen-bond acceptors (Lipinski definition) is 2. The van der Waals surface area contributed by atoms with Gasteiger partial charge in [0.05, 0.1) is 0 Å². The molecule has 2 aromatic rings. The largest absolute Gasteiger partial charge is 0.354 e. The van der Waals surface area contributed by atoms with Crippen molar-refractivity contribution < 1.29 is 9.59 Å². The van der Waals surface area contributed by atoms with E-state index in [1.807, 2.05) is 67.6 Å². The van der Waals surface area contributed by atoms with Gasteiger partial charge in [0.25, 0.3) is 0 Å². The van der Waals surface area contributed by atoms with E-state index in [9.17, 15) is 9.59 Å². The molecule has 0 aliphatic rings. The van der Waals surface area contributed by atoms with Gasteiger partial charge in [0.1, 0.15) is 6.04 Å². The van der Waals surface area contributed by atoms with E-state index in [0.29, 0.717) is 31.8 Å². The maximum Gasteiger partial charge on any atom is 0.242 e. The summed E-state index contributed by atoms with van der Waals surface area (Å²) in [7, 11) is 0. The zero-order chi connectivity index (χ0) is 20.4. The molecule has 150 valence electrons. The highest BCUT2D eigenvalue weighted by atomic mass is 16.2. The minimum Gasteiger partial charge on any atom is -0.354 e. The molecule has 4 nitrogen and oxygen atoms in total. The Morgan fingerprint density at radius 2 is 1.46 bits per heavy atom. The zero-order valence-corrected chi connectivity index (χ0v) is 17.2. The Balaban J connectivity index is 2.04. The Bertz CT molecular complexity index is 729. The molecule has 2 rings (SSSR count). The number of benzene rings is 2. The minimum atomic E-state index is -0.504. The molecular formula is C24H32N2O2. The summed E-state index contributed by atoms with van der Waals surface area (Å²) < 4.78 is 0. The van der Waals surface area contributed by atoms with Crippen LogP contribution in [0.1, 0.15) is 44.7 Å². The molecule has 1 unspecified atom stereocenters. The van der Waals surface area contributed by atoms with Crippen molar-refractivity contribution in [2.75, 3.05) is 6.54 Å². The topological polar surface area (TPSA) is 49.4 Å². The Kier molecular flexibility index (Phi) is 8.73. The standard InChI is InChI=1S/C24H32N2O2/c1-19(2)16-17-25-24(28)20(3)26(18-22-12-8-5-9-13-22)23(27)15-14-21-10-6-4-7-11-21/h4-13,19-20H,14-18H2,1-3H3,(H,25,28). The summed E-state index contributed by atoms with van der Waals surface area (Å²) >= 11 is 0. The first kappa shape index (κ1) is 21.7.